The number of carboxylic acids is 1. The molecular formula is C11H8NO2. The van der Waals surface area contributed by atoms with Crippen molar-refractivity contribution in [2.45, 2.75) is 0 Å². The van der Waals surface area contributed by atoms with E-state index in [1.54, 1.807) is 24.4 Å². The van der Waals surface area contributed by atoms with Crippen molar-refractivity contribution in [3.63, 3.8) is 0 Å². The Morgan fingerprint density at radius 3 is 2.86 bits per heavy atom. The molecule has 1 aromatic heterocycles. The standard InChI is InChI=1S/C11H8NO2/c1-7-4-9-5-8(11(13)14)2-3-10(9)12-6-7/h2-6H,1H2,(H,13,14). The zero-order valence-corrected chi connectivity index (χ0v) is 7.40. The van der Waals surface area contributed by atoms with E-state index in [-0.39, 0.29) is 5.56 Å². The highest BCUT2D eigenvalue weighted by atomic mass is 16.4. The van der Waals surface area contributed by atoms with Crippen molar-refractivity contribution in [2.24, 2.45) is 0 Å². The number of carboxylic acid groups (broad SMARTS) is 1. The minimum Gasteiger partial charge on any atom is -0.478 e. The molecule has 0 aliphatic heterocycles. The van der Waals surface area contributed by atoms with Gasteiger partial charge in [-0.3, -0.25) is 4.98 Å². The summed E-state index contributed by atoms with van der Waals surface area (Å²) in [5.74, 6) is -0.929. The largest absolute Gasteiger partial charge is 0.478 e. The van der Waals surface area contributed by atoms with Crippen LogP contribution >= 0.6 is 0 Å². The SMILES string of the molecule is [CH2]c1cnc2ccc(C(=O)O)cc2c1. The van der Waals surface area contributed by atoms with Crippen molar-refractivity contribution in [3.8, 4) is 0 Å². The lowest BCUT2D eigenvalue weighted by molar-refractivity contribution is 0.0697. The third-order valence-corrected chi connectivity index (χ3v) is 1.98. The Morgan fingerprint density at radius 2 is 2.14 bits per heavy atom. The van der Waals surface area contributed by atoms with E-state index in [1.165, 1.54) is 0 Å². The number of benzene rings is 1. The second kappa shape index (κ2) is 3.10. The molecule has 3 heteroatoms. The molecule has 0 fully saturated rings. The van der Waals surface area contributed by atoms with Crippen molar-refractivity contribution in [1.29, 1.82) is 0 Å². The van der Waals surface area contributed by atoms with Crippen LogP contribution in [0.3, 0.4) is 0 Å². The Labute approximate surface area is 81.0 Å². The van der Waals surface area contributed by atoms with E-state index in [0.717, 1.165) is 16.5 Å². The fourth-order valence-electron chi connectivity index (χ4n) is 1.31. The average molecular weight is 186 g/mol. The third kappa shape index (κ3) is 1.44. The second-order valence-corrected chi connectivity index (χ2v) is 3.06. The van der Waals surface area contributed by atoms with E-state index in [2.05, 4.69) is 11.9 Å². The number of hydrogen-bond acceptors (Lipinski definition) is 2. The minimum absolute atomic E-state index is 0.268. The monoisotopic (exact) mass is 186 g/mol. The Balaban J connectivity index is 2.69. The fraction of sp³-hybridized carbons (Fsp3) is 0. The number of aromatic nitrogens is 1. The van der Waals surface area contributed by atoms with Crippen LogP contribution in [-0.4, -0.2) is 16.1 Å². The summed E-state index contributed by atoms with van der Waals surface area (Å²) in [6.07, 6.45) is 1.66. The molecule has 14 heavy (non-hydrogen) atoms. The smallest absolute Gasteiger partial charge is 0.335 e. The molecule has 0 unspecified atom stereocenters. The van der Waals surface area contributed by atoms with Gasteiger partial charge in [0, 0.05) is 11.6 Å². The lowest BCUT2D eigenvalue weighted by atomic mass is 10.1. The Bertz CT molecular complexity index is 506. The van der Waals surface area contributed by atoms with Gasteiger partial charge in [0.05, 0.1) is 11.1 Å². The van der Waals surface area contributed by atoms with Gasteiger partial charge in [0.15, 0.2) is 0 Å². The molecule has 0 saturated heterocycles. The van der Waals surface area contributed by atoms with Gasteiger partial charge in [-0.2, -0.15) is 0 Å². The Morgan fingerprint density at radius 1 is 1.36 bits per heavy atom. The predicted octanol–water partition coefficient (Wildman–Crippen LogP) is 2.12. The van der Waals surface area contributed by atoms with Crippen molar-refractivity contribution in [2.75, 3.05) is 0 Å². The lowest BCUT2D eigenvalue weighted by Gasteiger charge is -1.99. The van der Waals surface area contributed by atoms with Crippen molar-refractivity contribution < 1.29 is 9.90 Å². The van der Waals surface area contributed by atoms with E-state index < -0.39 is 5.97 Å². The molecule has 69 valence electrons. The van der Waals surface area contributed by atoms with Gasteiger partial charge in [0.2, 0.25) is 0 Å². The number of nitrogens with zero attached hydrogens (tertiary/aromatic N) is 1. The number of carbonyl (C=O) groups is 1. The van der Waals surface area contributed by atoms with Crippen molar-refractivity contribution in [1.82, 2.24) is 4.98 Å². The van der Waals surface area contributed by atoms with E-state index >= 15 is 0 Å². The summed E-state index contributed by atoms with van der Waals surface area (Å²) in [4.78, 5) is 14.8. The molecule has 0 bridgehead atoms. The summed E-state index contributed by atoms with van der Waals surface area (Å²) >= 11 is 0. The van der Waals surface area contributed by atoms with E-state index in [1.807, 2.05) is 6.07 Å². The molecule has 0 atom stereocenters. The van der Waals surface area contributed by atoms with Crippen LogP contribution in [-0.2, 0) is 0 Å². The van der Waals surface area contributed by atoms with Gasteiger partial charge in [0.1, 0.15) is 0 Å². The molecule has 0 saturated carbocycles. The summed E-state index contributed by atoms with van der Waals surface area (Å²) in [6.45, 7) is 3.74. The van der Waals surface area contributed by atoms with Gasteiger partial charge in [-0.1, -0.05) is 0 Å². The van der Waals surface area contributed by atoms with Crippen LogP contribution in [0, 0.1) is 6.92 Å². The molecule has 2 rings (SSSR count). The van der Waals surface area contributed by atoms with E-state index in [4.69, 9.17) is 5.11 Å². The van der Waals surface area contributed by atoms with Crippen LogP contribution in [0.2, 0.25) is 0 Å². The molecule has 0 aliphatic carbocycles. The number of aromatic carboxylic acids is 1. The van der Waals surface area contributed by atoms with Crippen LogP contribution in [0.25, 0.3) is 10.9 Å². The highest BCUT2D eigenvalue weighted by Gasteiger charge is 2.03. The van der Waals surface area contributed by atoms with Gasteiger partial charge >= 0.3 is 5.97 Å². The number of hydrogen-bond donors (Lipinski definition) is 1. The molecule has 0 spiro atoms. The molecule has 1 aromatic carbocycles. The predicted molar refractivity (Wildman–Crippen MR) is 53.2 cm³/mol. The van der Waals surface area contributed by atoms with Gasteiger partial charge in [-0.05, 0) is 36.8 Å². The molecular weight excluding hydrogens is 178 g/mol. The second-order valence-electron chi connectivity index (χ2n) is 3.06. The van der Waals surface area contributed by atoms with Crippen LogP contribution in [0.5, 0.6) is 0 Å². The average Bonchev–Trinajstić information content (AvgIpc) is 2.16. The minimum atomic E-state index is -0.929. The van der Waals surface area contributed by atoms with E-state index in [9.17, 15) is 4.79 Å². The summed E-state index contributed by atoms with van der Waals surface area (Å²) in [5, 5.41) is 9.58. The van der Waals surface area contributed by atoms with Crippen molar-refractivity contribution in [3.05, 3.63) is 48.5 Å². The summed E-state index contributed by atoms with van der Waals surface area (Å²) in [6, 6.07) is 6.65. The van der Waals surface area contributed by atoms with Gasteiger partial charge < -0.3 is 5.11 Å². The number of fused-ring (bicyclic) bond motifs is 1. The third-order valence-electron chi connectivity index (χ3n) is 1.98. The Hall–Kier alpha value is -1.90. The summed E-state index contributed by atoms with van der Waals surface area (Å²) in [7, 11) is 0. The van der Waals surface area contributed by atoms with Gasteiger partial charge in [-0.25, -0.2) is 4.79 Å². The topological polar surface area (TPSA) is 50.2 Å². The van der Waals surface area contributed by atoms with Crippen LogP contribution < -0.4 is 0 Å². The number of pyridine rings is 1. The zero-order chi connectivity index (χ0) is 10.1. The maximum atomic E-state index is 10.7. The molecule has 2 aromatic rings. The van der Waals surface area contributed by atoms with Crippen LogP contribution in [0.1, 0.15) is 15.9 Å². The first-order valence-electron chi connectivity index (χ1n) is 4.12. The fourth-order valence-corrected chi connectivity index (χ4v) is 1.31. The first kappa shape index (κ1) is 8.69. The molecule has 1 radical (unpaired) electrons. The summed E-state index contributed by atoms with van der Waals surface area (Å²) in [5.41, 5.74) is 1.83. The Kier molecular flexibility index (Phi) is 1.93. The van der Waals surface area contributed by atoms with Crippen LogP contribution in [0.15, 0.2) is 30.5 Å². The maximum Gasteiger partial charge on any atom is 0.335 e. The first-order chi connectivity index (χ1) is 6.66. The summed E-state index contributed by atoms with van der Waals surface area (Å²) < 4.78 is 0. The molecule has 0 amide bonds. The van der Waals surface area contributed by atoms with Gasteiger partial charge in [0.25, 0.3) is 0 Å². The maximum absolute atomic E-state index is 10.7. The highest BCUT2D eigenvalue weighted by molar-refractivity contribution is 5.93. The molecule has 3 nitrogen and oxygen atoms in total. The quantitative estimate of drug-likeness (QED) is 0.742. The van der Waals surface area contributed by atoms with Crippen molar-refractivity contribution >= 4 is 16.9 Å². The van der Waals surface area contributed by atoms with E-state index in [0.29, 0.717) is 0 Å². The number of rotatable bonds is 1. The zero-order valence-electron chi connectivity index (χ0n) is 7.40. The highest BCUT2D eigenvalue weighted by Crippen LogP contribution is 2.15. The van der Waals surface area contributed by atoms with Crippen LogP contribution in [0.4, 0.5) is 0 Å². The molecule has 1 heterocycles. The molecule has 0 aliphatic rings. The molecule has 1 N–H and O–H groups in total. The lowest BCUT2D eigenvalue weighted by Crippen LogP contribution is -1.95. The first-order valence-corrected chi connectivity index (χ1v) is 4.12. The normalized spacial score (nSPS) is 10.4. The van der Waals surface area contributed by atoms with Gasteiger partial charge in [-0.15, -0.1) is 0 Å².